The molecule has 84 valence electrons. The van der Waals surface area contributed by atoms with Crippen molar-refractivity contribution >= 4 is 25.8 Å². The molecule has 0 aliphatic heterocycles. The predicted octanol–water partition coefficient (Wildman–Crippen LogP) is 2.87. The molecule has 0 spiro atoms. The van der Waals surface area contributed by atoms with Crippen LogP contribution in [-0.4, -0.2) is 14.7 Å². The lowest BCUT2D eigenvalue weighted by atomic mass is 10.2. The highest BCUT2D eigenvalue weighted by Crippen LogP contribution is 2.33. The minimum absolute atomic E-state index is 0.0835. The van der Waals surface area contributed by atoms with Crippen LogP contribution < -0.4 is 0 Å². The lowest BCUT2D eigenvalue weighted by molar-refractivity contribution is -0.137. The highest BCUT2D eigenvalue weighted by Gasteiger charge is 2.31. The van der Waals surface area contributed by atoms with Gasteiger partial charge in [-0.15, -0.1) is 0 Å². The maximum Gasteiger partial charge on any atom is 0.416 e. The van der Waals surface area contributed by atoms with Gasteiger partial charge in [-0.2, -0.15) is 13.2 Å². The lowest BCUT2D eigenvalue weighted by Crippen LogP contribution is -2.06. The van der Waals surface area contributed by atoms with Crippen molar-refractivity contribution in [1.29, 1.82) is 0 Å². The normalized spacial score (nSPS) is 12.9. The molecule has 15 heavy (non-hydrogen) atoms. The molecule has 0 amide bonds. The first kappa shape index (κ1) is 12.5. The highest BCUT2D eigenvalue weighted by molar-refractivity contribution is 9.10. The second-order valence-corrected chi connectivity index (χ2v) is 5.75. The van der Waals surface area contributed by atoms with Crippen molar-refractivity contribution in [3.05, 3.63) is 28.2 Å². The summed E-state index contributed by atoms with van der Waals surface area (Å²) in [6.45, 7) is 0. The van der Waals surface area contributed by atoms with Crippen molar-refractivity contribution < 1.29 is 21.6 Å². The summed E-state index contributed by atoms with van der Waals surface area (Å²) in [5.41, 5.74) is -0.887. The third kappa shape index (κ3) is 2.94. The first-order valence-electron chi connectivity index (χ1n) is 3.69. The third-order valence-corrected chi connectivity index (χ3v) is 3.73. The van der Waals surface area contributed by atoms with Crippen LogP contribution in [0.25, 0.3) is 0 Å². The van der Waals surface area contributed by atoms with Crippen molar-refractivity contribution in [2.45, 2.75) is 11.1 Å². The van der Waals surface area contributed by atoms with Crippen molar-refractivity contribution in [3.63, 3.8) is 0 Å². The molecular weight excluding hydrogens is 297 g/mol. The summed E-state index contributed by atoms with van der Waals surface area (Å²) in [5, 5.41) is 0. The Labute approximate surface area is 93.2 Å². The average molecular weight is 303 g/mol. The molecule has 7 heteroatoms. The number of alkyl halides is 3. The SMILES string of the molecule is CS(=O)(=O)c1ccc(C(F)(F)F)cc1Br. The molecule has 1 aromatic rings. The van der Waals surface area contributed by atoms with Crippen LogP contribution in [0, 0.1) is 0 Å². The molecule has 0 aliphatic carbocycles. The van der Waals surface area contributed by atoms with Crippen molar-refractivity contribution in [3.8, 4) is 0 Å². The first-order chi connectivity index (χ1) is 6.62. The van der Waals surface area contributed by atoms with Gasteiger partial charge in [0.15, 0.2) is 9.84 Å². The largest absolute Gasteiger partial charge is 0.416 e. The van der Waals surface area contributed by atoms with E-state index in [9.17, 15) is 21.6 Å². The average Bonchev–Trinajstić information content (AvgIpc) is 1.99. The van der Waals surface area contributed by atoms with Crippen LogP contribution in [-0.2, 0) is 16.0 Å². The molecule has 0 heterocycles. The van der Waals surface area contributed by atoms with Crippen LogP contribution in [0.2, 0.25) is 0 Å². The Balaban J connectivity index is 3.34. The Bertz CT molecular complexity index is 479. The van der Waals surface area contributed by atoms with Gasteiger partial charge in [0, 0.05) is 10.7 Å². The van der Waals surface area contributed by atoms with E-state index in [0.29, 0.717) is 0 Å². The Morgan fingerprint density at radius 1 is 1.27 bits per heavy atom. The van der Waals surface area contributed by atoms with E-state index in [-0.39, 0.29) is 9.37 Å². The molecule has 0 aliphatic rings. The second kappa shape index (κ2) is 3.79. The zero-order valence-corrected chi connectivity index (χ0v) is 9.87. The Kier molecular flexibility index (Phi) is 3.16. The maximum atomic E-state index is 12.2. The number of sulfone groups is 1. The Hall–Kier alpha value is -0.560. The molecule has 0 fully saturated rings. The summed E-state index contributed by atoms with van der Waals surface area (Å²) in [6, 6.07) is 2.42. The molecule has 0 aromatic heterocycles. The van der Waals surface area contributed by atoms with Crippen molar-refractivity contribution in [2.75, 3.05) is 6.26 Å². The zero-order valence-electron chi connectivity index (χ0n) is 7.47. The van der Waals surface area contributed by atoms with Gasteiger partial charge in [0.25, 0.3) is 0 Å². The quantitative estimate of drug-likeness (QED) is 0.799. The third-order valence-electron chi connectivity index (χ3n) is 1.66. The number of halogens is 4. The van der Waals surface area contributed by atoms with Gasteiger partial charge in [-0.1, -0.05) is 0 Å². The van der Waals surface area contributed by atoms with Crippen LogP contribution in [0.15, 0.2) is 27.6 Å². The van der Waals surface area contributed by atoms with E-state index in [1.807, 2.05) is 0 Å². The van der Waals surface area contributed by atoms with Gasteiger partial charge in [-0.05, 0) is 34.1 Å². The molecule has 2 nitrogen and oxygen atoms in total. The monoisotopic (exact) mass is 302 g/mol. The summed E-state index contributed by atoms with van der Waals surface area (Å²) >= 11 is 2.80. The fourth-order valence-electron chi connectivity index (χ4n) is 0.978. The number of rotatable bonds is 1. The molecule has 0 radical (unpaired) electrons. The molecule has 0 saturated carbocycles. The second-order valence-electron chi connectivity index (χ2n) is 2.92. The minimum atomic E-state index is -4.47. The molecular formula is C8H6BrF3O2S. The summed E-state index contributed by atoms with van der Waals surface area (Å²) in [4.78, 5) is -0.157. The number of hydrogen-bond acceptors (Lipinski definition) is 2. The van der Waals surface area contributed by atoms with Gasteiger partial charge < -0.3 is 0 Å². The van der Waals surface area contributed by atoms with Crippen molar-refractivity contribution in [1.82, 2.24) is 0 Å². The molecule has 0 bridgehead atoms. The van der Waals surface area contributed by atoms with Crippen LogP contribution in [0.5, 0.6) is 0 Å². The van der Waals surface area contributed by atoms with Gasteiger partial charge in [-0.25, -0.2) is 8.42 Å². The molecule has 0 saturated heterocycles. The fourth-order valence-corrected chi connectivity index (χ4v) is 2.97. The van der Waals surface area contributed by atoms with E-state index in [1.54, 1.807) is 0 Å². The standard InChI is InChI=1S/C8H6BrF3O2S/c1-15(13,14)7-3-2-5(4-6(7)9)8(10,11)12/h2-4H,1H3. The van der Waals surface area contributed by atoms with E-state index in [1.165, 1.54) is 0 Å². The van der Waals surface area contributed by atoms with E-state index in [4.69, 9.17) is 0 Å². The van der Waals surface area contributed by atoms with Gasteiger partial charge in [-0.3, -0.25) is 0 Å². The summed E-state index contributed by atoms with van der Waals surface area (Å²) in [5.74, 6) is 0. The van der Waals surface area contributed by atoms with Gasteiger partial charge in [0.1, 0.15) is 0 Å². The molecule has 1 rings (SSSR count). The zero-order chi connectivity index (χ0) is 11.9. The summed E-state index contributed by atoms with van der Waals surface area (Å²) in [7, 11) is -3.51. The van der Waals surface area contributed by atoms with Crippen LogP contribution in [0.1, 0.15) is 5.56 Å². The number of benzene rings is 1. The van der Waals surface area contributed by atoms with Crippen LogP contribution >= 0.6 is 15.9 Å². The van der Waals surface area contributed by atoms with Crippen LogP contribution in [0.4, 0.5) is 13.2 Å². The smallest absolute Gasteiger partial charge is 0.224 e. The number of hydrogen-bond donors (Lipinski definition) is 0. The Morgan fingerprint density at radius 2 is 1.80 bits per heavy atom. The van der Waals surface area contributed by atoms with Crippen molar-refractivity contribution in [2.24, 2.45) is 0 Å². The topological polar surface area (TPSA) is 34.1 Å². The molecule has 0 N–H and O–H groups in total. The van der Waals surface area contributed by atoms with Crippen LogP contribution in [0.3, 0.4) is 0 Å². The molecule has 0 unspecified atom stereocenters. The minimum Gasteiger partial charge on any atom is -0.224 e. The summed E-state index contributed by atoms with van der Waals surface area (Å²) < 4.78 is 58.8. The molecule has 1 aromatic carbocycles. The van der Waals surface area contributed by atoms with E-state index in [0.717, 1.165) is 24.5 Å². The first-order valence-corrected chi connectivity index (χ1v) is 6.37. The fraction of sp³-hybridized carbons (Fsp3) is 0.250. The van der Waals surface area contributed by atoms with Gasteiger partial charge in [0.05, 0.1) is 10.5 Å². The lowest BCUT2D eigenvalue weighted by Gasteiger charge is -2.08. The maximum absolute atomic E-state index is 12.2. The predicted molar refractivity (Wildman–Crippen MR) is 52.3 cm³/mol. The Morgan fingerprint density at radius 3 is 2.13 bits per heavy atom. The highest BCUT2D eigenvalue weighted by atomic mass is 79.9. The van der Waals surface area contributed by atoms with Gasteiger partial charge in [0.2, 0.25) is 0 Å². The van der Waals surface area contributed by atoms with E-state index < -0.39 is 21.6 Å². The van der Waals surface area contributed by atoms with Gasteiger partial charge >= 0.3 is 6.18 Å². The molecule has 0 atom stereocenters. The van der Waals surface area contributed by atoms with E-state index in [2.05, 4.69) is 15.9 Å². The summed E-state index contributed by atoms with van der Waals surface area (Å²) in [6.07, 6.45) is -3.54. The van der Waals surface area contributed by atoms with E-state index >= 15 is 0 Å².